The Morgan fingerprint density at radius 1 is 1.52 bits per heavy atom. The van der Waals surface area contributed by atoms with E-state index in [9.17, 15) is 13.2 Å². The van der Waals surface area contributed by atoms with Crippen molar-refractivity contribution in [2.45, 2.75) is 17.9 Å². The zero-order valence-corrected chi connectivity index (χ0v) is 14.2. The number of rotatable bonds is 3. The molecule has 1 heterocycles. The minimum absolute atomic E-state index is 0.0310. The lowest BCUT2D eigenvalue weighted by Gasteiger charge is -2.32. The molecular formula is C12H13BrClNO5S. The van der Waals surface area contributed by atoms with E-state index in [4.69, 9.17) is 21.4 Å². The van der Waals surface area contributed by atoms with Gasteiger partial charge in [-0.1, -0.05) is 11.6 Å². The lowest BCUT2D eigenvalue weighted by molar-refractivity contribution is 0.0392. The molecule has 0 aliphatic carbocycles. The molecule has 0 amide bonds. The number of aromatic carboxylic acids is 1. The quantitative estimate of drug-likeness (QED) is 0.844. The highest BCUT2D eigenvalue weighted by atomic mass is 79.9. The second-order valence-electron chi connectivity index (χ2n) is 4.61. The first kappa shape index (κ1) is 16.7. The number of benzene rings is 1. The summed E-state index contributed by atoms with van der Waals surface area (Å²) in [4.78, 5) is 11.1. The van der Waals surface area contributed by atoms with Gasteiger partial charge in [0.2, 0.25) is 10.0 Å². The third kappa shape index (κ3) is 3.24. The first-order valence-corrected chi connectivity index (χ1v) is 8.68. The van der Waals surface area contributed by atoms with Crippen molar-refractivity contribution in [1.82, 2.24) is 4.31 Å². The van der Waals surface area contributed by atoms with E-state index in [0.717, 1.165) is 6.07 Å². The minimum Gasteiger partial charge on any atom is -0.478 e. The molecule has 0 spiro atoms. The van der Waals surface area contributed by atoms with Crippen molar-refractivity contribution in [1.29, 1.82) is 0 Å². The maximum absolute atomic E-state index is 12.6. The Labute approximate surface area is 135 Å². The van der Waals surface area contributed by atoms with Gasteiger partial charge in [0.1, 0.15) is 0 Å². The summed E-state index contributed by atoms with van der Waals surface area (Å²) in [5.74, 6) is -1.28. The van der Waals surface area contributed by atoms with Crippen molar-refractivity contribution < 1.29 is 23.1 Å². The third-order valence-corrected chi connectivity index (χ3v) is 6.40. The highest BCUT2D eigenvalue weighted by Gasteiger charge is 2.32. The molecule has 21 heavy (non-hydrogen) atoms. The molecular weight excluding hydrogens is 386 g/mol. The van der Waals surface area contributed by atoms with E-state index in [1.165, 1.54) is 10.4 Å². The number of halogens is 2. The van der Waals surface area contributed by atoms with Crippen molar-refractivity contribution in [3.8, 4) is 0 Å². The van der Waals surface area contributed by atoms with Crippen LogP contribution in [0.3, 0.4) is 0 Å². The maximum Gasteiger partial charge on any atom is 0.337 e. The van der Waals surface area contributed by atoms with Crippen LogP contribution in [-0.4, -0.2) is 49.6 Å². The van der Waals surface area contributed by atoms with Crippen molar-refractivity contribution in [3.05, 3.63) is 27.2 Å². The van der Waals surface area contributed by atoms with Gasteiger partial charge in [-0.2, -0.15) is 4.31 Å². The van der Waals surface area contributed by atoms with E-state index in [-0.39, 0.29) is 32.5 Å². The van der Waals surface area contributed by atoms with E-state index in [0.29, 0.717) is 13.2 Å². The average Bonchev–Trinajstić information content (AvgIpc) is 2.41. The third-order valence-electron chi connectivity index (χ3n) is 3.15. The molecule has 1 aromatic carbocycles. The molecule has 1 saturated heterocycles. The topological polar surface area (TPSA) is 83.9 Å². The number of carboxylic acids is 1. The zero-order valence-electron chi connectivity index (χ0n) is 11.0. The molecule has 0 saturated carbocycles. The Hall–Kier alpha value is -0.670. The fourth-order valence-corrected chi connectivity index (χ4v) is 4.53. The summed E-state index contributed by atoms with van der Waals surface area (Å²) in [5, 5.41) is 9.08. The number of morpholine rings is 1. The van der Waals surface area contributed by atoms with Crippen LogP contribution in [0.5, 0.6) is 0 Å². The highest BCUT2D eigenvalue weighted by molar-refractivity contribution is 9.10. The summed E-state index contributed by atoms with van der Waals surface area (Å²) >= 11 is 8.96. The Kier molecular flexibility index (Phi) is 4.94. The first-order chi connectivity index (χ1) is 9.75. The van der Waals surface area contributed by atoms with Crippen LogP contribution in [0.25, 0.3) is 0 Å². The summed E-state index contributed by atoms with van der Waals surface area (Å²) in [6.07, 6.45) is 0. The van der Waals surface area contributed by atoms with E-state index < -0.39 is 16.0 Å². The van der Waals surface area contributed by atoms with E-state index in [2.05, 4.69) is 15.9 Å². The highest BCUT2D eigenvalue weighted by Crippen LogP contribution is 2.31. The van der Waals surface area contributed by atoms with Crippen LogP contribution in [0.4, 0.5) is 0 Å². The summed E-state index contributed by atoms with van der Waals surface area (Å²) in [7, 11) is -3.81. The summed E-state index contributed by atoms with van der Waals surface area (Å²) in [6.45, 7) is 2.58. The van der Waals surface area contributed by atoms with Crippen molar-refractivity contribution in [2.75, 3.05) is 19.8 Å². The van der Waals surface area contributed by atoms with Crippen LogP contribution in [0.1, 0.15) is 17.3 Å². The average molecular weight is 399 g/mol. The van der Waals surface area contributed by atoms with Crippen LogP contribution < -0.4 is 0 Å². The van der Waals surface area contributed by atoms with Crippen molar-refractivity contribution in [3.63, 3.8) is 0 Å². The SMILES string of the molecule is CC1COCCN1S(=O)(=O)c1cc(Br)c(Cl)c(C(=O)O)c1. The van der Waals surface area contributed by atoms with Crippen molar-refractivity contribution in [2.24, 2.45) is 0 Å². The lowest BCUT2D eigenvalue weighted by atomic mass is 10.2. The Morgan fingerprint density at radius 2 is 2.19 bits per heavy atom. The van der Waals surface area contributed by atoms with E-state index in [1.54, 1.807) is 6.92 Å². The van der Waals surface area contributed by atoms with Crippen molar-refractivity contribution >= 4 is 43.5 Å². The summed E-state index contributed by atoms with van der Waals surface area (Å²) < 4.78 is 32.0. The number of carboxylic acid groups (broad SMARTS) is 1. The standard InChI is InChI=1S/C12H13BrClNO5S/c1-7-6-20-3-2-15(7)21(18,19)8-4-9(12(16)17)11(14)10(13)5-8/h4-5,7H,2-3,6H2,1H3,(H,16,17). The Morgan fingerprint density at radius 3 is 2.76 bits per heavy atom. The van der Waals surface area contributed by atoms with Gasteiger partial charge in [0, 0.05) is 17.1 Å². The molecule has 1 aliphatic rings. The molecule has 1 N–H and O–H groups in total. The Balaban J connectivity index is 2.52. The zero-order chi connectivity index (χ0) is 15.8. The van der Waals surface area contributed by atoms with Gasteiger partial charge in [-0.3, -0.25) is 0 Å². The molecule has 0 aromatic heterocycles. The fourth-order valence-electron chi connectivity index (χ4n) is 2.07. The molecule has 1 atom stereocenters. The van der Waals surface area contributed by atoms with Crippen LogP contribution in [0, 0.1) is 0 Å². The second-order valence-corrected chi connectivity index (χ2v) is 7.73. The maximum atomic E-state index is 12.6. The van der Waals surface area contributed by atoms with Crippen LogP contribution in [0.15, 0.2) is 21.5 Å². The van der Waals surface area contributed by atoms with Gasteiger partial charge >= 0.3 is 5.97 Å². The molecule has 1 fully saturated rings. The van der Waals surface area contributed by atoms with Gasteiger partial charge in [-0.05, 0) is 35.0 Å². The van der Waals surface area contributed by atoms with Gasteiger partial charge < -0.3 is 9.84 Å². The van der Waals surface area contributed by atoms with Gasteiger partial charge in [0.05, 0.1) is 28.7 Å². The van der Waals surface area contributed by atoms with Gasteiger partial charge in [0.25, 0.3) is 0 Å². The monoisotopic (exact) mass is 397 g/mol. The van der Waals surface area contributed by atoms with Crippen LogP contribution in [-0.2, 0) is 14.8 Å². The van der Waals surface area contributed by atoms with Gasteiger partial charge in [-0.25, -0.2) is 13.2 Å². The van der Waals surface area contributed by atoms with E-state index in [1.807, 2.05) is 0 Å². The second kappa shape index (κ2) is 6.21. The molecule has 0 bridgehead atoms. The lowest BCUT2D eigenvalue weighted by Crippen LogP contribution is -2.46. The molecule has 2 rings (SSSR count). The van der Waals surface area contributed by atoms with E-state index >= 15 is 0 Å². The molecule has 0 radical (unpaired) electrons. The molecule has 1 aromatic rings. The fraction of sp³-hybridized carbons (Fsp3) is 0.417. The Bertz CT molecular complexity index is 678. The number of sulfonamides is 1. The molecule has 116 valence electrons. The predicted octanol–water partition coefficient (Wildman–Crippen LogP) is 2.21. The van der Waals surface area contributed by atoms with Gasteiger partial charge in [0.15, 0.2) is 0 Å². The normalized spacial score (nSPS) is 20.4. The molecule has 6 nitrogen and oxygen atoms in total. The van der Waals surface area contributed by atoms with Crippen LogP contribution >= 0.6 is 27.5 Å². The molecule has 1 unspecified atom stereocenters. The van der Waals surface area contributed by atoms with Gasteiger partial charge in [-0.15, -0.1) is 0 Å². The molecule has 1 aliphatic heterocycles. The molecule has 9 heteroatoms. The number of carbonyl (C=O) groups is 1. The summed E-state index contributed by atoms with van der Waals surface area (Å²) in [5.41, 5.74) is -0.259. The van der Waals surface area contributed by atoms with Crippen LogP contribution in [0.2, 0.25) is 5.02 Å². The number of ether oxygens (including phenoxy) is 1. The number of nitrogens with zero attached hydrogens (tertiary/aromatic N) is 1. The smallest absolute Gasteiger partial charge is 0.337 e. The number of hydrogen-bond donors (Lipinski definition) is 1. The number of hydrogen-bond acceptors (Lipinski definition) is 4. The minimum atomic E-state index is -3.81. The summed E-state index contributed by atoms with van der Waals surface area (Å²) in [6, 6.07) is 2.07. The predicted molar refractivity (Wildman–Crippen MR) is 80.3 cm³/mol. The largest absolute Gasteiger partial charge is 0.478 e. The first-order valence-electron chi connectivity index (χ1n) is 6.07.